The molecule has 3 unspecified atom stereocenters. The van der Waals surface area contributed by atoms with E-state index in [1.807, 2.05) is 0 Å². The van der Waals surface area contributed by atoms with Gasteiger partial charge in [0, 0.05) is 0 Å². The zero-order valence-corrected chi connectivity index (χ0v) is 18.7. The molecule has 0 radical (unpaired) electrons. The van der Waals surface area contributed by atoms with Crippen LogP contribution in [-0.4, -0.2) is 23.6 Å². The van der Waals surface area contributed by atoms with Crippen LogP contribution in [0.1, 0.15) is 119 Å². The quantitative estimate of drug-likeness (QED) is 0.262. The minimum absolute atomic E-state index is 1.06. The van der Waals surface area contributed by atoms with E-state index < -0.39 is 7.26 Å². The van der Waals surface area contributed by atoms with Gasteiger partial charge in [-0.15, -0.1) is 0 Å². The number of rotatable bonds is 15. The summed E-state index contributed by atoms with van der Waals surface area (Å²) in [5, 5.41) is 0. The second-order valence-electron chi connectivity index (χ2n) is 8.11. The van der Waals surface area contributed by atoms with Crippen LogP contribution in [0.4, 0.5) is 0 Å². The Bertz CT molecular complexity index is 220. The van der Waals surface area contributed by atoms with Crippen LogP contribution in [-0.2, 0) is 0 Å². The predicted molar refractivity (Wildman–Crippen MR) is 115 cm³/mol. The number of hydrogen-bond acceptors (Lipinski definition) is 0. The van der Waals surface area contributed by atoms with Crippen molar-refractivity contribution < 1.29 is 0 Å². The minimum atomic E-state index is -1.25. The molecule has 0 aromatic rings. The van der Waals surface area contributed by atoms with Gasteiger partial charge in [0.1, 0.15) is 0 Å². The van der Waals surface area contributed by atoms with Crippen LogP contribution in [0.15, 0.2) is 0 Å². The molecule has 0 aromatic heterocycles. The molecule has 1 heteroatoms. The fourth-order valence-corrected chi connectivity index (χ4v) is 12.3. The third kappa shape index (κ3) is 7.05. The van der Waals surface area contributed by atoms with Crippen molar-refractivity contribution in [2.24, 2.45) is 0 Å². The van der Waals surface area contributed by atoms with Crippen LogP contribution in [0, 0.1) is 0 Å². The molecular formula is C22H49P. The molecule has 0 fully saturated rings. The molecule has 0 N–H and O–H groups in total. The maximum atomic E-state index is 2.84. The summed E-state index contributed by atoms with van der Waals surface area (Å²) in [6.45, 7) is 17.4. The Balaban J connectivity index is 5.49. The topological polar surface area (TPSA) is 0 Å². The average Bonchev–Trinajstić information content (AvgIpc) is 2.56. The zero-order valence-electron chi connectivity index (χ0n) is 17.7. The van der Waals surface area contributed by atoms with Gasteiger partial charge in [-0.05, 0) is 0 Å². The van der Waals surface area contributed by atoms with Gasteiger partial charge < -0.3 is 0 Å². The van der Waals surface area contributed by atoms with Crippen molar-refractivity contribution >= 4 is 7.26 Å². The molecule has 0 nitrogen and oxygen atoms in total. The third-order valence-electron chi connectivity index (χ3n) is 6.84. The fourth-order valence-electron chi connectivity index (χ4n) is 5.22. The van der Waals surface area contributed by atoms with Crippen molar-refractivity contribution in [1.29, 1.82) is 0 Å². The Kier molecular flexibility index (Phi) is 13.9. The molecule has 0 aromatic carbocycles. The van der Waals surface area contributed by atoms with Gasteiger partial charge in [0.05, 0.1) is 0 Å². The summed E-state index contributed by atoms with van der Waals surface area (Å²) in [5.74, 6) is 0. The predicted octanol–water partition coefficient (Wildman–Crippen LogP) is 8.27. The van der Waals surface area contributed by atoms with Crippen LogP contribution < -0.4 is 0 Å². The van der Waals surface area contributed by atoms with E-state index in [-0.39, 0.29) is 0 Å². The van der Waals surface area contributed by atoms with Gasteiger partial charge in [0.2, 0.25) is 0 Å². The van der Waals surface area contributed by atoms with Crippen molar-refractivity contribution in [2.75, 3.05) is 6.66 Å². The van der Waals surface area contributed by atoms with E-state index in [0.717, 1.165) is 17.0 Å². The van der Waals surface area contributed by atoms with E-state index in [9.17, 15) is 0 Å². The molecule has 0 saturated heterocycles. The molecule has 0 aliphatic carbocycles. The van der Waals surface area contributed by atoms with Gasteiger partial charge in [-0.2, -0.15) is 0 Å². The molecule has 0 aliphatic rings. The summed E-state index contributed by atoms with van der Waals surface area (Å²) >= 11 is 0. The third-order valence-corrected chi connectivity index (χ3v) is 14.2. The molecule has 0 heterocycles. The molecule has 23 heavy (non-hydrogen) atoms. The van der Waals surface area contributed by atoms with Gasteiger partial charge in [0.25, 0.3) is 0 Å². The normalized spacial score (nSPS) is 17.0. The van der Waals surface area contributed by atoms with Crippen LogP contribution >= 0.6 is 7.26 Å². The summed E-state index contributed by atoms with van der Waals surface area (Å²) in [4.78, 5) is 0. The van der Waals surface area contributed by atoms with E-state index in [2.05, 4.69) is 48.2 Å². The molecule has 142 valence electrons. The monoisotopic (exact) mass is 344 g/mol. The van der Waals surface area contributed by atoms with Crippen LogP contribution in [0.2, 0.25) is 0 Å². The van der Waals surface area contributed by atoms with Crippen molar-refractivity contribution in [3.05, 3.63) is 0 Å². The van der Waals surface area contributed by atoms with Crippen LogP contribution in [0.25, 0.3) is 0 Å². The van der Waals surface area contributed by atoms with Crippen molar-refractivity contribution in [3.63, 3.8) is 0 Å². The molecule has 0 rings (SSSR count). The maximum absolute atomic E-state index is 2.84. The number of hydrogen-bond donors (Lipinski definition) is 0. The molecule has 0 spiro atoms. The standard InChI is InChI=1S/C22H49P/c1-8-14-17-20(11-4)23(7,21(12-5)18-15-9-2)22(13-6)19-16-10-3/h20-23H,8-19H2,1-7H3. The second kappa shape index (κ2) is 13.7. The Morgan fingerprint density at radius 2 is 0.783 bits per heavy atom. The molecule has 0 amide bonds. The second-order valence-corrected chi connectivity index (χ2v) is 13.3. The fraction of sp³-hybridized carbons (Fsp3) is 1.00. The molecule has 3 atom stereocenters. The zero-order chi connectivity index (χ0) is 17.7. The van der Waals surface area contributed by atoms with E-state index >= 15 is 0 Å². The van der Waals surface area contributed by atoms with Gasteiger partial charge in [-0.1, -0.05) is 0 Å². The molecular weight excluding hydrogens is 295 g/mol. The van der Waals surface area contributed by atoms with Crippen molar-refractivity contribution in [2.45, 2.75) is 136 Å². The summed E-state index contributed by atoms with van der Waals surface area (Å²) in [6.07, 6.45) is 17.3. The van der Waals surface area contributed by atoms with E-state index in [1.54, 1.807) is 0 Å². The summed E-state index contributed by atoms with van der Waals surface area (Å²) < 4.78 is 0. The van der Waals surface area contributed by atoms with Gasteiger partial charge in [-0.3, -0.25) is 0 Å². The molecule has 0 aliphatic heterocycles. The number of unbranched alkanes of at least 4 members (excludes halogenated alkanes) is 3. The summed E-state index contributed by atoms with van der Waals surface area (Å²) in [6, 6.07) is 0. The van der Waals surface area contributed by atoms with Gasteiger partial charge >= 0.3 is 149 Å². The Hall–Kier alpha value is 0.430. The SMILES string of the molecule is CCCCC(CC)[PH](C)(C(CC)CCCC)C(CC)CCCC. The van der Waals surface area contributed by atoms with E-state index in [0.29, 0.717) is 0 Å². The first-order valence-corrected chi connectivity index (χ1v) is 13.8. The average molecular weight is 345 g/mol. The van der Waals surface area contributed by atoms with Crippen molar-refractivity contribution in [1.82, 2.24) is 0 Å². The van der Waals surface area contributed by atoms with E-state index in [1.165, 1.54) is 77.0 Å². The first-order valence-electron chi connectivity index (χ1n) is 11.1. The molecule has 0 bridgehead atoms. The summed E-state index contributed by atoms with van der Waals surface area (Å²) in [7, 11) is -1.25. The Morgan fingerprint density at radius 1 is 0.522 bits per heavy atom. The van der Waals surface area contributed by atoms with Crippen LogP contribution in [0.5, 0.6) is 0 Å². The van der Waals surface area contributed by atoms with E-state index in [4.69, 9.17) is 0 Å². The Morgan fingerprint density at radius 3 is 0.957 bits per heavy atom. The van der Waals surface area contributed by atoms with Gasteiger partial charge in [0.15, 0.2) is 0 Å². The van der Waals surface area contributed by atoms with Gasteiger partial charge in [-0.25, -0.2) is 0 Å². The van der Waals surface area contributed by atoms with Crippen molar-refractivity contribution in [3.8, 4) is 0 Å². The van der Waals surface area contributed by atoms with Crippen LogP contribution in [0.3, 0.4) is 0 Å². The Labute approximate surface area is 149 Å². The molecule has 0 saturated carbocycles. The summed E-state index contributed by atoms with van der Waals surface area (Å²) in [5.41, 5.74) is 3.18. The first kappa shape index (κ1) is 23.4. The first-order chi connectivity index (χ1) is 11.1.